The van der Waals surface area contributed by atoms with Gasteiger partial charge in [-0.05, 0) is 37.5 Å². The van der Waals surface area contributed by atoms with Crippen molar-refractivity contribution in [3.05, 3.63) is 60.6 Å². The molecule has 0 unspecified atom stereocenters. The van der Waals surface area contributed by atoms with Crippen LogP contribution >= 0.6 is 0 Å². The number of carbonyl (C=O) groups excluding carboxylic acids is 1. The van der Waals surface area contributed by atoms with Gasteiger partial charge >= 0.3 is 0 Å². The summed E-state index contributed by atoms with van der Waals surface area (Å²) in [5.41, 5.74) is 10.6. The Morgan fingerprint density at radius 1 is 1.11 bits per heavy atom. The van der Waals surface area contributed by atoms with Gasteiger partial charge in [-0.2, -0.15) is 0 Å². The van der Waals surface area contributed by atoms with E-state index in [4.69, 9.17) is 10.7 Å². The zero-order chi connectivity index (χ0) is 19.5. The van der Waals surface area contributed by atoms with Crippen molar-refractivity contribution in [2.45, 2.75) is 19.8 Å². The molecule has 0 saturated carbocycles. The maximum absolute atomic E-state index is 11.6. The maximum atomic E-state index is 11.6. The summed E-state index contributed by atoms with van der Waals surface area (Å²) in [6.07, 6.45) is 7.13. The minimum atomic E-state index is -0.253. The molecule has 3 heterocycles. The van der Waals surface area contributed by atoms with Gasteiger partial charge in [-0.15, -0.1) is 0 Å². The second kappa shape index (κ2) is 7.76. The Labute approximate surface area is 164 Å². The van der Waals surface area contributed by atoms with Crippen LogP contribution in [0.1, 0.15) is 18.4 Å². The molecule has 1 aromatic carbocycles. The number of aromatic nitrogens is 3. The van der Waals surface area contributed by atoms with Crippen molar-refractivity contribution < 1.29 is 4.79 Å². The Hall–Kier alpha value is -3.28. The van der Waals surface area contributed by atoms with Crippen LogP contribution in [0, 0.1) is 12.8 Å². The van der Waals surface area contributed by atoms with Crippen LogP contribution < -0.4 is 10.6 Å². The maximum Gasteiger partial charge on any atom is 0.225 e. The van der Waals surface area contributed by atoms with Crippen molar-refractivity contribution in [1.29, 1.82) is 0 Å². The van der Waals surface area contributed by atoms with Crippen molar-refractivity contribution in [3.8, 4) is 22.4 Å². The highest BCUT2D eigenvalue weighted by atomic mass is 16.1. The van der Waals surface area contributed by atoms with Crippen LogP contribution in [-0.4, -0.2) is 33.9 Å². The first-order valence-electron chi connectivity index (χ1n) is 9.50. The number of anilines is 1. The van der Waals surface area contributed by atoms with E-state index in [0.29, 0.717) is 12.5 Å². The Morgan fingerprint density at radius 2 is 1.86 bits per heavy atom. The third-order valence-corrected chi connectivity index (χ3v) is 5.20. The molecule has 2 aromatic heterocycles. The van der Waals surface area contributed by atoms with E-state index in [0.717, 1.165) is 41.8 Å². The molecule has 1 amide bonds. The number of rotatable bonds is 4. The number of primary amides is 1. The van der Waals surface area contributed by atoms with Crippen molar-refractivity contribution in [3.63, 3.8) is 0 Å². The zero-order valence-corrected chi connectivity index (χ0v) is 15.9. The van der Waals surface area contributed by atoms with Crippen LogP contribution in [0.15, 0.2) is 55.0 Å². The summed E-state index contributed by atoms with van der Waals surface area (Å²) in [4.78, 5) is 27.3. The van der Waals surface area contributed by atoms with Gasteiger partial charge in [0.25, 0.3) is 0 Å². The lowest BCUT2D eigenvalue weighted by atomic mass is 9.97. The fourth-order valence-electron chi connectivity index (χ4n) is 3.59. The molecule has 1 aliphatic rings. The Morgan fingerprint density at radius 3 is 2.57 bits per heavy atom. The second-order valence-electron chi connectivity index (χ2n) is 7.22. The van der Waals surface area contributed by atoms with Gasteiger partial charge in [0.2, 0.25) is 11.9 Å². The first-order chi connectivity index (χ1) is 13.6. The highest BCUT2D eigenvalue weighted by Crippen LogP contribution is 2.32. The monoisotopic (exact) mass is 373 g/mol. The normalized spacial score (nSPS) is 16.8. The molecular formula is C22H23N5O. The molecule has 1 aliphatic heterocycles. The molecule has 6 heteroatoms. The Balaban J connectivity index is 1.77. The molecule has 0 spiro atoms. The van der Waals surface area contributed by atoms with Gasteiger partial charge in [-0.25, -0.2) is 9.97 Å². The highest BCUT2D eigenvalue weighted by Gasteiger charge is 2.26. The van der Waals surface area contributed by atoms with Gasteiger partial charge in [-0.1, -0.05) is 29.8 Å². The standard InChI is InChI=1S/C22H23N5O/c1-15-4-6-17(7-5-15)20-19(16-8-10-24-11-9-16)13-25-22(26-20)27-12-2-3-18(14-27)21(23)28/h4-11,13,18H,2-3,12,14H2,1H3,(H2,23,28)/t18-/m1/s1. The highest BCUT2D eigenvalue weighted by molar-refractivity contribution is 5.81. The SMILES string of the molecule is Cc1ccc(-c2nc(N3CCC[C@@H](C(N)=O)C3)ncc2-c2ccncc2)cc1. The van der Waals surface area contributed by atoms with Crippen LogP contribution in [0.2, 0.25) is 0 Å². The first kappa shape index (κ1) is 18.1. The minimum Gasteiger partial charge on any atom is -0.369 e. The number of nitrogens with zero attached hydrogens (tertiary/aromatic N) is 4. The fraction of sp³-hybridized carbons (Fsp3) is 0.273. The molecule has 6 nitrogen and oxygen atoms in total. The van der Waals surface area contributed by atoms with Crippen LogP contribution in [0.3, 0.4) is 0 Å². The topological polar surface area (TPSA) is 85.0 Å². The molecule has 142 valence electrons. The number of hydrogen-bond donors (Lipinski definition) is 1. The largest absolute Gasteiger partial charge is 0.369 e. The molecule has 1 atom stereocenters. The van der Waals surface area contributed by atoms with E-state index >= 15 is 0 Å². The summed E-state index contributed by atoms with van der Waals surface area (Å²) in [6.45, 7) is 3.46. The lowest BCUT2D eigenvalue weighted by Gasteiger charge is -2.31. The summed E-state index contributed by atoms with van der Waals surface area (Å²) >= 11 is 0. The zero-order valence-electron chi connectivity index (χ0n) is 15.9. The summed E-state index contributed by atoms with van der Waals surface area (Å²) in [7, 11) is 0. The van der Waals surface area contributed by atoms with Crippen molar-refractivity contribution in [2.75, 3.05) is 18.0 Å². The summed E-state index contributed by atoms with van der Waals surface area (Å²) < 4.78 is 0. The van der Waals surface area contributed by atoms with Crippen molar-refractivity contribution in [1.82, 2.24) is 15.0 Å². The van der Waals surface area contributed by atoms with Gasteiger partial charge in [0.05, 0.1) is 11.6 Å². The van der Waals surface area contributed by atoms with Crippen LogP contribution in [0.25, 0.3) is 22.4 Å². The van der Waals surface area contributed by atoms with E-state index in [2.05, 4.69) is 46.1 Å². The summed E-state index contributed by atoms with van der Waals surface area (Å²) in [5, 5.41) is 0. The van der Waals surface area contributed by atoms with E-state index in [1.54, 1.807) is 12.4 Å². The van der Waals surface area contributed by atoms with Gasteiger partial charge < -0.3 is 10.6 Å². The van der Waals surface area contributed by atoms with E-state index in [9.17, 15) is 4.79 Å². The van der Waals surface area contributed by atoms with Gasteiger partial charge in [-0.3, -0.25) is 9.78 Å². The Bertz CT molecular complexity index is 972. The predicted octanol–water partition coefficient (Wildman–Crippen LogP) is 3.22. The lowest BCUT2D eigenvalue weighted by Crippen LogP contribution is -2.41. The van der Waals surface area contributed by atoms with E-state index in [-0.39, 0.29) is 11.8 Å². The van der Waals surface area contributed by atoms with E-state index in [1.165, 1.54) is 5.56 Å². The van der Waals surface area contributed by atoms with Crippen molar-refractivity contribution >= 4 is 11.9 Å². The molecule has 0 aliphatic carbocycles. The number of hydrogen-bond acceptors (Lipinski definition) is 5. The molecule has 3 aromatic rings. The van der Waals surface area contributed by atoms with Crippen molar-refractivity contribution in [2.24, 2.45) is 11.7 Å². The molecule has 0 radical (unpaired) electrons. The minimum absolute atomic E-state index is 0.153. The average Bonchev–Trinajstić information content (AvgIpc) is 2.74. The third-order valence-electron chi connectivity index (χ3n) is 5.20. The molecule has 1 saturated heterocycles. The molecule has 1 fully saturated rings. The van der Waals surface area contributed by atoms with Gasteiger partial charge in [0.1, 0.15) is 0 Å². The number of pyridine rings is 1. The number of piperidine rings is 1. The van der Waals surface area contributed by atoms with Crippen LogP contribution in [-0.2, 0) is 4.79 Å². The smallest absolute Gasteiger partial charge is 0.225 e. The molecule has 2 N–H and O–H groups in total. The number of carbonyl (C=O) groups is 1. The quantitative estimate of drug-likeness (QED) is 0.759. The van der Waals surface area contributed by atoms with Crippen LogP contribution in [0.5, 0.6) is 0 Å². The fourth-order valence-corrected chi connectivity index (χ4v) is 3.59. The van der Waals surface area contributed by atoms with Gasteiger partial charge in [0, 0.05) is 42.8 Å². The molecular weight excluding hydrogens is 350 g/mol. The molecule has 28 heavy (non-hydrogen) atoms. The lowest BCUT2D eigenvalue weighted by molar-refractivity contribution is -0.122. The van der Waals surface area contributed by atoms with Gasteiger partial charge in [0.15, 0.2) is 0 Å². The Kier molecular flexibility index (Phi) is 5.02. The number of aryl methyl sites for hydroxylation is 1. The van der Waals surface area contributed by atoms with E-state index in [1.807, 2.05) is 18.3 Å². The molecule has 0 bridgehead atoms. The number of amides is 1. The van der Waals surface area contributed by atoms with Crippen LogP contribution in [0.4, 0.5) is 5.95 Å². The average molecular weight is 373 g/mol. The number of benzene rings is 1. The predicted molar refractivity (Wildman–Crippen MR) is 110 cm³/mol. The summed E-state index contributed by atoms with van der Waals surface area (Å²) in [5.74, 6) is 0.233. The third kappa shape index (κ3) is 3.71. The first-order valence-corrected chi connectivity index (χ1v) is 9.50. The van der Waals surface area contributed by atoms with E-state index < -0.39 is 0 Å². The second-order valence-corrected chi connectivity index (χ2v) is 7.22. The number of nitrogens with two attached hydrogens (primary N) is 1. The summed E-state index contributed by atoms with van der Waals surface area (Å²) in [6, 6.07) is 12.2. The molecule has 4 rings (SSSR count).